The fourth-order valence-electron chi connectivity index (χ4n) is 2.59. The summed E-state index contributed by atoms with van der Waals surface area (Å²) in [6, 6.07) is 11.7. The van der Waals surface area contributed by atoms with Gasteiger partial charge in [-0.15, -0.1) is 0 Å². The van der Waals surface area contributed by atoms with E-state index in [-0.39, 0.29) is 5.91 Å². The van der Waals surface area contributed by atoms with Crippen molar-refractivity contribution in [2.45, 2.75) is 13.3 Å². The van der Waals surface area contributed by atoms with Crippen LogP contribution in [0, 0.1) is 6.92 Å². The van der Waals surface area contributed by atoms with Gasteiger partial charge in [0.25, 0.3) is 0 Å². The molecule has 102 valence electrons. The van der Waals surface area contributed by atoms with E-state index in [2.05, 4.69) is 5.32 Å². The molecule has 0 saturated carbocycles. The minimum absolute atomic E-state index is 0.0607. The van der Waals surface area contributed by atoms with Gasteiger partial charge in [-0.25, -0.2) is 0 Å². The van der Waals surface area contributed by atoms with Gasteiger partial charge in [0.2, 0.25) is 5.91 Å². The number of hydrogen-bond acceptors (Lipinski definition) is 3. The van der Waals surface area contributed by atoms with Crippen LogP contribution in [0.2, 0.25) is 0 Å². The van der Waals surface area contributed by atoms with Crippen LogP contribution < -0.4 is 16.0 Å². The van der Waals surface area contributed by atoms with E-state index in [1.165, 1.54) is 0 Å². The summed E-state index contributed by atoms with van der Waals surface area (Å²) in [5.41, 5.74) is 11.5. The molecule has 0 bridgehead atoms. The first-order valence-corrected chi connectivity index (χ1v) is 6.60. The van der Waals surface area contributed by atoms with Crippen LogP contribution in [0.3, 0.4) is 0 Å². The summed E-state index contributed by atoms with van der Waals surface area (Å²) in [5, 5.41) is 3.09. The number of amides is 1. The van der Waals surface area contributed by atoms with Crippen molar-refractivity contribution >= 4 is 28.7 Å². The molecule has 1 aliphatic heterocycles. The largest absolute Gasteiger partial charge is 0.397 e. The predicted molar refractivity (Wildman–Crippen MR) is 82.4 cm³/mol. The Hall–Kier alpha value is -2.49. The number of nitrogens with two attached hydrogens (primary N) is 1. The van der Waals surface area contributed by atoms with Crippen LogP contribution in [0.5, 0.6) is 0 Å². The molecule has 3 N–H and O–H groups in total. The number of nitrogens with one attached hydrogen (secondary N) is 1. The smallest absolute Gasteiger partial charge is 0.236 e. The van der Waals surface area contributed by atoms with Crippen LogP contribution in [0.4, 0.5) is 22.7 Å². The number of carbonyl (C=O) groups is 1. The number of anilines is 4. The highest BCUT2D eigenvalue weighted by atomic mass is 16.2. The average molecular weight is 267 g/mol. The van der Waals surface area contributed by atoms with Crippen LogP contribution in [0.15, 0.2) is 36.4 Å². The van der Waals surface area contributed by atoms with E-state index in [0.29, 0.717) is 12.1 Å². The van der Waals surface area contributed by atoms with E-state index in [4.69, 9.17) is 5.73 Å². The molecule has 3 rings (SSSR count). The number of nitrogen functional groups attached to an aromatic ring is 1. The van der Waals surface area contributed by atoms with Crippen molar-refractivity contribution in [1.29, 1.82) is 0 Å². The third-order valence-corrected chi connectivity index (χ3v) is 3.63. The molecule has 1 amide bonds. The molecule has 0 saturated heterocycles. The highest BCUT2D eigenvalue weighted by Crippen LogP contribution is 2.39. The summed E-state index contributed by atoms with van der Waals surface area (Å²) >= 11 is 0. The maximum Gasteiger partial charge on any atom is 0.236 e. The Labute approximate surface area is 118 Å². The van der Waals surface area contributed by atoms with Gasteiger partial charge in [0.1, 0.15) is 0 Å². The van der Waals surface area contributed by atoms with Gasteiger partial charge in [0.15, 0.2) is 0 Å². The van der Waals surface area contributed by atoms with Gasteiger partial charge in [0, 0.05) is 12.7 Å². The van der Waals surface area contributed by atoms with Crippen molar-refractivity contribution < 1.29 is 4.79 Å². The van der Waals surface area contributed by atoms with E-state index in [0.717, 1.165) is 28.2 Å². The molecule has 0 fully saturated rings. The van der Waals surface area contributed by atoms with Crippen LogP contribution in [-0.2, 0) is 11.2 Å². The van der Waals surface area contributed by atoms with Crippen LogP contribution >= 0.6 is 0 Å². The van der Waals surface area contributed by atoms with E-state index >= 15 is 0 Å². The average Bonchev–Trinajstić information content (AvgIpc) is 2.76. The van der Waals surface area contributed by atoms with Crippen molar-refractivity contribution in [1.82, 2.24) is 0 Å². The first-order valence-electron chi connectivity index (χ1n) is 6.60. The van der Waals surface area contributed by atoms with Crippen LogP contribution in [0.1, 0.15) is 11.1 Å². The maximum absolute atomic E-state index is 12.3. The van der Waals surface area contributed by atoms with Gasteiger partial charge in [-0.05, 0) is 48.4 Å². The van der Waals surface area contributed by atoms with E-state index in [9.17, 15) is 4.79 Å². The summed E-state index contributed by atoms with van der Waals surface area (Å²) in [6.07, 6.45) is 0.415. The second kappa shape index (κ2) is 4.56. The molecule has 0 radical (unpaired) electrons. The number of fused-ring (bicyclic) bond motifs is 1. The number of carbonyl (C=O) groups excluding carboxylic acids is 1. The Morgan fingerprint density at radius 2 is 1.95 bits per heavy atom. The van der Waals surface area contributed by atoms with Crippen LogP contribution in [0.25, 0.3) is 0 Å². The molecule has 1 aliphatic rings. The van der Waals surface area contributed by atoms with Crippen molar-refractivity contribution in [2.24, 2.45) is 0 Å². The lowest BCUT2D eigenvalue weighted by Crippen LogP contribution is -2.22. The van der Waals surface area contributed by atoms with Crippen molar-refractivity contribution in [2.75, 3.05) is 23.0 Å². The molecular formula is C16H17N3O. The van der Waals surface area contributed by atoms with Gasteiger partial charge in [0.05, 0.1) is 23.5 Å². The summed E-state index contributed by atoms with van der Waals surface area (Å²) in [6.45, 7) is 1.99. The Balaban J connectivity index is 2.12. The van der Waals surface area contributed by atoms with Crippen LogP contribution in [-0.4, -0.2) is 13.0 Å². The molecule has 1 heterocycles. The standard InChI is InChI=1S/C16H17N3O/c1-10-3-5-13(17)15(7-10)19-14-6-4-12(18-2)8-11(14)9-16(19)20/h3-8,18H,9,17H2,1-2H3. The lowest BCUT2D eigenvalue weighted by Gasteiger charge is -2.20. The Bertz CT molecular complexity index is 694. The molecule has 0 aliphatic carbocycles. The molecule has 0 atom stereocenters. The molecule has 2 aromatic carbocycles. The zero-order chi connectivity index (χ0) is 14.3. The Morgan fingerprint density at radius 3 is 2.70 bits per heavy atom. The zero-order valence-electron chi connectivity index (χ0n) is 11.6. The fraction of sp³-hybridized carbons (Fsp3) is 0.188. The monoisotopic (exact) mass is 267 g/mol. The Morgan fingerprint density at radius 1 is 1.15 bits per heavy atom. The molecule has 2 aromatic rings. The predicted octanol–water partition coefficient (Wildman–Crippen LogP) is 2.84. The summed E-state index contributed by atoms with van der Waals surface area (Å²) in [7, 11) is 1.87. The van der Waals surface area contributed by atoms with Crippen molar-refractivity contribution in [3.8, 4) is 0 Å². The lowest BCUT2D eigenvalue weighted by atomic mass is 10.1. The number of hydrogen-bond donors (Lipinski definition) is 2. The van der Waals surface area contributed by atoms with Crippen molar-refractivity contribution in [3.63, 3.8) is 0 Å². The summed E-state index contributed by atoms with van der Waals surface area (Å²) < 4.78 is 0. The number of nitrogens with zero attached hydrogens (tertiary/aromatic N) is 1. The van der Waals surface area contributed by atoms with Crippen molar-refractivity contribution in [3.05, 3.63) is 47.5 Å². The second-order valence-electron chi connectivity index (χ2n) is 5.06. The Kier molecular flexibility index (Phi) is 2.86. The topological polar surface area (TPSA) is 58.4 Å². The molecular weight excluding hydrogens is 250 g/mol. The lowest BCUT2D eigenvalue weighted by molar-refractivity contribution is -0.116. The third kappa shape index (κ3) is 1.90. The SMILES string of the molecule is CNc1ccc2c(c1)CC(=O)N2c1cc(C)ccc1N. The summed E-state index contributed by atoms with van der Waals surface area (Å²) in [5.74, 6) is 0.0607. The molecule has 20 heavy (non-hydrogen) atoms. The minimum atomic E-state index is 0.0607. The first kappa shape index (κ1) is 12.5. The second-order valence-corrected chi connectivity index (χ2v) is 5.06. The van der Waals surface area contributed by atoms with Gasteiger partial charge in [-0.3, -0.25) is 9.69 Å². The normalized spacial score (nSPS) is 13.5. The molecule has 4 heteroatoms. The quantitative estimate of drug-likeness (QED) is 0.823. The molecule has 0 aromatic heterocycles. The van der Waals surface area contributed by atoms with E-state index in [1.807, 2.05) is 50.4 Å². The highest BCUT2D eigenvalue weighted by molar-refractivity contribution is 6.09. The third-order valence-electron chi connectivity index (χ3n) is 3.63. The van der Waals surface area contributed by atoms with Gasteiger partial charge in [-0.1, -0.05) is 6.07 Å². The fourth-order valence-corrected chi connectivity index (χ4v) is 2.59. The maximum atomic E-state index is 12.3. The summed E-state index contributed by atoms with van der Waals surface area (Å²) in [4.78, 5) is 14.1. The zero-order valence-corrected chi connectivity index (χ0v) is 11.6. The van der Waals surface area contributed by atoms with Gasteiger partial charge in [-0.2, -0.15) is 0 Å². The van der Waals surface area contributed by atoms with E-state index < -0.39 is 0 Å². The molecule has 0 spiro atoms. The van der Waals surface area contributed by atoms with Gasteiger partial charge >= 0.3 is 0 Å². The number of rotatable bonds is 2. The number of benzene rings is 2. The van der Waals surface area contributed by atoms with E-state index in [1.54, 1.807) is 4.90 Å². The molecule has 0 unspecified atom stereocenters. The van der Waals surface area contributed by atoms with Gasteiger partial charge < -0.3 is 11.1 Å². The number of aryl methyl sites for hydroxylation is 1. The minimum Gasteiger partial charge on any atom is -0.397 e. The highest BCUT2D eigenvalue weighted by Gasteiger charge is 2.29. The molecule has 4 nitrogen and oxygen atoms in total. The first-order chi connectivity index (χ1) is 9.60.